The maximum atomic E-state index is 12.7. The summed E-state index contributed by atoms with van der Waals surface area (Å²) in [5.74, 6) is 0.451. The van der Waals surface area contributed by atoms with Crippen molar-refractivity contribution in [1.82, 2.24) is 20.0 Å². The fraction of sp³-hybridized carbons (Fsp3) is 0.476. The summed E-state index contributed by atoms with van der Waals surface area (Å²) < 4.78 is 1.67. The molecule has 1 saturated heterocycles. The Morgan fingerprint density at radius 3 is 2.48 bits per heavy atom. The summed E-state index contributed by atoms with van der Waals surface area (Å²) in [7, 11) is 1.82. The second kappa shape index (κ2) is 8.37. The first-order valence-corrected chi connectivity index (χ1v) is 9.58. The van der Waals surface area contributed by atoms with Crippen LogP contribution in [0.25, 0.3) is 0 Å². The molecule has 1 aromatic heterocycles. The van der Waals surface area contributed by atoms with Crippen LogP contribution >= 0.6 is 0 Å². The Kier molecular flexibility index (Phi) is 5.94. The summed E-state index contributed by atoms with van der Waals surface area (Å²) in [6, 6.07) is 9.99. The maximum absolute atomic E-state index is 12.7. The fourth-order valence-corrected chi connectivity index (χ4v) is 3.71. The molecule has 0 radical (unpaired) electrons. The molecule has 3 rings (SSSR count). The summed E-state index contributed by atoms with van der Waals surface area (Å²) >= 11 is 0. The topological polar surface area (TPSA) is 67.2 Å². The number of aryl methyl sites for hydroxylation is 2. The number of nitrogens with one attached hydrogen (secondary N) is 1. The molecule has 1 N–H and O–H groups in total. The summed E-state index contributed by atoms with van der Waals surface area (Å²) in [5.41, 5.74) is 2.54. The minimum atomic E-state index is 0.00826. The standard InChI is InChI=1S/C21H28N4O2/c1-15(18-7-5-4-6-8-18)22-20(26)13-17-9-11-25(12-10-17)21(27)19-14-24(3)23-16(19)2/h4-8,14-15,17H,9-13H2,1-3H3,(H,22,26)/t15-/m0/s1. The van der Waals surface area contributed by atoms with Gasteiger partial charge in [0.25, 0.3) is 5.91 Å². The van der Waals surface area contributed by atoms with E-state index in [9.17, 15) is 9.59 Å². The van der Waals surface area contributed by atoms with Gasteiger partial charge in [-0.2, -0.15) is 5.10 Å². The Morgan fingerprint density at radius 1 is 1.22 bits per heavy atom. The van der Waals surface area contributed by atoms with Crippen molar-refractivity contribution < 1.29 is 9.59 Å². The van der Waals surface area contributed by atoms with E-state index in [1.807, 2.05) is 56.1 Å². The monoisotopic (exact) mass is 368 g/mol. The predicted molar refractivity (Wildman–Crippen MR) is 104 cm³/mol. The number of carbonyl (C=O) groups is 2. The normalized spacial score (nSPS) is 16.2. The number of rotatable bonds is 5. The van der Waals surface area contributed by atoms with Gasteiger partial charge in [0.05, 0.1) is 17.3 Å². The van der Waals surface area contributed by atoms with Gasteiger partial charge in [-0.05, 0) is 38.2 Å². The van der Waals surface area contributed by atoms with Crippen molar-refractivity contribution in [1.29, 1.82) is 0 Å². The zero-order chi connectivity index (χ0) is 19.4. The van der Waals surface area contributed by atoms with E-state index < -0.39 is 0 Å². The van der Waals surface area contributed by atoms with Gasteiger partial charge in [0.15, 0.2) is 0 Å². The van der Waals surface area contributed by atoms with Crippen LogP contribution in [0.5, 0.6) is 0 Å². The van der Waals surface area contributed by atoms with Crippen molar-refractivity contribution in [3.63, 3.8) is 0 Å². The third-order valence-electron chi connectivity index (χ3n) is 5.30. The zero-order valence-electron chi connectivity index (χ0n) is 16.3. The van der Waals surface area contributed by atoms with Crippen LogP contribution in [0.15, 0.2) is 36.5 Å². The molecule has 144 valence electrons. The molecule has 2 heterocycles. The van der Waals surface area contributed by atoms with Crippen LogP contribution in [-0.4, -0.2) is 39.6 Å². The van der Waals surface area contributed by atoms with Crippen LogP contribution < -0.4 is 5.32 Å². The van der Waals surface area contributed by atoms with Gasteiger partial charge >= 0.3 is 0 Å². The Hall–Kier alpha value is -2.63. The smallest absolute Gasteiger partial charge is 0.257 e. The van der Waals surface area contributed by atoms with Gasteiger partial charge in [0.1, 0.15) is 0 Å². The highest BCUT2D eigenvalue weighted by Gasteiger charge is 2.27. The van der Waals surface area contributed by atoms with E-state index in [0.29, 0.717) is 31.0 Å². The van der Waals surface area contributed by atoms with Gasteiger partial charge in [-0.1, -0.05) is 30.3 Å². The lowest BCUT2D eigenvalue weighted by Gasteiger charge is -2.32. The molecule has 6 heteroatoms. The highest BCUT2D eigenvalue weighted by Crippen LogP contribution is 2.23. The summed E-state index contributed by atoms with van der Waals surface area (Å²) in [4.78, 5) is 26.9. The zero-order valence-corrected chi connectivity index (χ0v) is 16.3. The van der Waals surface area contributed by atoms with E-state index in [1.54, 1.807) is 10.9 Å². The van der Waals surface area contributed by atoms with Crippen LogP contribution in [0.4, 0.5) is 0 Å². The van der Waals surface area contributed by atoms with Gasteiger partial charge in [-0.3, -0.25) is 14.3 Å². The number of amides is 2. The molecule has 1 fully saturated rings. The second-order valence-corrected chi connectivity index (χ2v) is 7.44. The molecule has 1 aliphatic heterocycles. The molecule has 0 bridgehead atoms. The maximum Gasteiger partial charge on any atom is 0.257 e. The van der Waals surface area contributed by atoms with Gasteiger partial charge in [-0.25, -0.2) is 0 Å². The average Bonchev–Trinajstić information content (AvgIpc) is 3.00. The van der Waals surface area contributed by atoms with Crippen molar-refractivity contribution in [2.45, 2.75) is 39.2 Å². The highest BCUT2D eigenvalue weighted by atomic mass is 16.2. The van der Waals surface area contributed by atoms with E-state index in [1.165, 1.54) is 0 Å². The minimum Gasteiger partial charge on any atom is -0.350 e. The van der Waals surface area contributed by atoms with E-state index >= 15 is 0 Å². The largest absolute Gasteiger partial charge is 0.350 e. The molecule has 0 saturated carbocycles. The Balaban J connectivity index is 1.47. The third-order valence-corrected chi connectivity index (χ3v) is 5.30. The number of hydrogen-bond acceptors (Lipinski definition) is 3. The van der Waals surface area contributed by atoms with Crippen molar-refractivity contribution in [2.24, 2.45) is 13.0 Å². The van der Waals surface area contributed by atoms with Crippen LogP contribution in [0.3, 0.4) is 0 Å². The van der Waals surface area contributed by atoms with Gasteiger partial charge in [0, 0.05) is 32.8 Å². The number of nitrogens with zero attached hydrogens (tertiary/aromatic N) is 3. The lowest BCUT2D eigenvalue weighted by molar-refractivity contribution is -0.122. The summed E-state index contributed by atoms with van der Waals surface area (Å²) in [6.45, 7) is 5.25. The first-order valence-electron chi connectivity index (χ1n) is 9.58. The van der Waals surface area contributed by atoms with Crippen LogP contribution in [0.1, 0.15) is 53.8 Å². The molecule has 0 aliphatic carbocycles. The van der Waals surface area contributed by atoms with E-state index in [4.69, 9.17) is 0 Å². The number of benzene rings is 1. The van der Waals surface area contributed by atoms with Gasteiger partial charge in [-0.15, -0.1) is 0 Å². The fourth-order valence-electron chi connectivity index (χ4n) is 3.71. The Morgan fingerprint density at radius 2 is 1.89 bits per heavy atom. The lowest BCUT2D eigenvalue weighted by Crippen LogP contribution is -2.40. The van der Waals surface area contributed by atoms with Crippen molar-refractivity contribution >= 4 is 11.8 Å². The summed E-state index contributed by atoms with van der Waals surface area (Å²) in [5, 5.41) is 7.33. The van der Waals surface area contributed by atoms with Crippen LogP contribution in [0, 0.1) is 12.8 Å². The molecule has 2 aromatic rings. The molecule has 0 unspecified atom stereocenters. The van der Waals surface area contributed by atoms with E-state index in [0.717, 1.165) is 24.1 Å². The first-order chi connectivity index (χ1) is 12.9. The van der Waals surface area contributed by atoms with E-state index in [2.05, 4.69) is 10.4 Å². The molecule has 1 aliphatic rings. The lowest BCUT2D eigenvalue weighted by atomic mass is 9.92. The highest BCUT2D eigenvalue weighted by molar-refractivity contribution is 5.95. The van der Waals surface area contributed by atoms with E-state index in [-0.39, 0.29) is 17.9 Å². The van der Waals surface area contributed by atoms with Gasteiger partial charge < -0.3 is 10.2 Å². The van der Waals surface area contributed by atoms with Crippen LogP contribution in [-0.2, 0) is 11.8 Å². The van der Waals surface area contributed by atoms with Crippen molar-refractivity contribution in [2.75, 3.05) is 13.1 Å². The van der Waals surface area contributed by atoms with Crippen molar-refractivity contribution in [3.8, 4) is 0 Å². The molecular formula is C21H28N4O2. The van der Waals surface area contributed by atoms with Gasteiger partial charge in [0.2, 0.25) is 5.91 Å². The molecule has 2 amide bonds. The average molecular weight is 368 g/mol. The quantitative estimate of drug-likeness (QED) is 0.882. The molecular weight excluding hydrogens is 340 g/mol. The summed E-state index contributed by atoms with van der Waals surface area (Å²) in [6.07, 6.45) is 4.02. The Labute approximate surface area is 160 Å². The number of likely N-dealkylation sites (tertiary alicyclic amines) is 1. The Bertz CT molecular complexity index is 792. The predicted octanol–water partition coefficient (Wildman–Crippen LogP) is 2.85. The second-order valence-electron chi connectivity index (χ2n) is 7.44. The molecule has 0 spiro atoms. The molecule has 1 atom stereocenters. The molecule has 6 nitrogen and oxygen atoms in total. The number of carbonyl (C=O) groups excluding carboxylic acids is 2. The minimum absolute atomic E-state index is 0.00826. The third kappa shape index (κ3) is 4.76. The number of aromatic nitrogens is 2. The molecule has 27 heavy (non-hydrogen) atoms. The van der Waals surface area contributed by atoms with Crippen LogP contribution in [0.2, 0.25) is 0 Å². The molecule has 1 aromatic carbocycles. The first kappa shape index (κ1) is 19.1. The number of piperidine rings is 1. The van der Waals surface area contributed by atoms with Crippen molar-refractivity contribution in [3.05, 3.63) is 53.3 Å². The number of hydrogen-bond donors (Lipinski definition) is 1. The SMILES string of the molecule is Cc1nn(C)cc1C(=O)N1CCC(CC(=O)N[C@@H](C)c2ccccc2)CC1.